The summed E-state index contributed by atoms with van der Waals surface area (Å²) < 4.78 is 0. The molecule has 0 radical (unpaired) electrons. The van der Waals surface area contributed by atoms with Gasteiger partial charge in [-0.05, 0) is 44.0 Å². The van der Waals surface area contributed by atoms with Gasteiger partial charge in [0.1, 0.15) is 0 Å². The van der Waals surface area contributed by atoms with Gasteiger partial charge in [0.2, 0.25) is 0 Å². The maximum absolute atomic E-state index is 12.3. The van der Waals surface area contributed by atoms with Crippen LogP contribution in [0, 0.1) is 19.8 Å². The summed E-state index contributed by atoms with van der Waals surface area (Å²) in [5, 5.41) is 8.92. The van der Waals surface area contributed by atoms with Gasteiger partial charge in [-0.15, -0.1) is 0 Å². The molecule has 1 aromatic rings. The monoisotopic (exact) mass is 263 g/mol. The van der Waals surface area contributed by atoms with Crippen molar-refractivity contribution in [2.45, 2.75) is 27.7 Å². The Kier molecular flexibility index (Phi) is 5.10. The van der Waals surface area contributed by atoms with Crippen molar-refractivity contribution in [1.29, 1.82) is 0 Å². The number of rotatable bonds is 5. The van der Waals surface area contributed by atoms with E-state index in [1.165, 1.54) is 0 Å². The number of carbonyl (C=O) groups is 2. The minimum atomic E-state index is -0.883. The van der Waals surface area contributed by atoms with Crippen molar-refractivity contribution in [3.05, 3.63) is 34.9 Å². The lowest BCUT2D eigenvalue weighted by molar-refractivity contribution is -0.141. The van der Waals surface area contributed by atoms with Crippen molar-refractivity contribution in [1.82, 2.24) is 4.90 Å². The number of carboxylic acids is 1. The molecule has 4 heteroatoms. The molecule has 19 heavy (non-hydrogen) atoms. The Morgan fingerprint density at radius 3 is 2.37 bits per heavy atom. The molecule has 1 unspecified atom stereocenters. The van der Waals surface area contributed by atoms with E-state index in [9.17, 15) is 9.59 Å². The van der Waals surface area contributed by atoms with Crippen molar-refractivity contribution < 1.29 is 14.7 Å². The van der Waals surface area contributed by atoms with E-state index in [0.717, 1.165) is 11.1 Å². The Labute approximate surface area is 114 Å². The molecule has 104 valence electrons. The molecule has 1 atom stereocenters. The smallest absolute Gasteiger partial charge is 0.308 e. The average Bonchev–Trinajstić information content (AvgIpc) is 2.37. The largest absolute Gasteiger partial charge is 0.481 e. The Morgan fingerprint density at radius 2 is 1.89 bits per heavy atom. The van der Waals surface area contributed by atoms with Gasteiger partial charge >= 0.3 is 5.97 Å². The molecular formula is C15H21NO3. The average molecular weight is 263 g/mol. The summed E-state index contributed by atoms with van der Waals surface area (Å²) in [6, 6.07) is 5.56. The van der Waals surface area contributed by atoms with Crippen LogP contribution in [-0.2, 0) is 4.79 Å². The van der Waals surface area contributed by atoms with Crippen molar-refractivity contribution in [2.75, 3.05) is 13.1 Å². The van der Waals surface area contributed by atoms with Gasteiger partial charge in [0.25, 0.3) is 5.91 Å². The lowest BCUT2D eigenvalue weighted by Crippen LogP contribution is -2.36. The molecule has 1 amide bonds. The third kappa shape index (κ3) is 3.81. The molecule has 0 aromatic heterocycles. The molecule has 4 nitrogen and oxygen atoms in total. The summed E-state index contributed by atoms with van der Waals surface area (Å²) in [7, 11) is 0. The standard InChI is InChI=1S/C15H21NO3/c1-5-16(9-12(4)15(18)19)14(17)13-7-6-10(2)11(3)8-13/h6-8,12H,5,9H2,1-4H3,(H,18,19). The minimum Gasteiger partial charge on any atom is -0.481 e. The van der Waals surface area contributed by atoms with Crippen LogP contribution in [0.5, 0.6) is 0 Å². The summed E-state index contributed by atoms with van der Waals surface area (Å²) in [6.45, 7) is 8.16. The first-order chi connectivity index (χ1) is 8.86. The number of carbonyl (C=O) groups excluding carboxylic acids is 1. The molecule has 0 aliphatic carbocycles. The Bertz CT molecular complexity index is 482. The lowest BCUT2D eigenvalue weighted by Gasteiger charge is -2.23. The van der Waals surface area contributed by atoms with Gasteiger partial charge < -0.3 is 10.0 Å². The fourth-order valence-electron chi connectivity index (χ4n) is 1.82. The number of aliphatic carboxylic acids is 1. The highest BCUT2D eigenvalue weighted by Gasteiger charge is 2.20. The molecular weight excluding hydrogens is 242 g/mol. The predicted molar refractivity (Wildman–Crippen MR) is 74.3 cm³/mol. The quantitative estimate of drug-likeness (QED) is 0.888. The first kappa shape index (κ1) is 15.2. The van der Waals surface area contributed by atoms with Gasteiger partial charge in [0.05, 0.1) is 5.92 Å². The number of carboxylic acid groups (broad SMARTS) is 1. The van der Waals surface area contributed by atoms with Crippen LogP contribution >= 0.6 is 0 Å². The summed E-state index contributed by atoms with van der Waals surface area (Å²) in [5.41, 5.74) is 2.81. The summed E-state index contributed by atoms with van der Waals surface area (Å²) >= 11 is 0. The summed E-state index contributed by atoms with van der Waals surface area (Å²) in [5.74, 6) is -1.56. The zero-order valence-electron chi connectivity index (χ0n) is 11.9. The highest BCUT2D eigenvalue weighted by molar-refractivity contribution is 5.94. The van der Waals surface area contributed by atoms with Gasteiger partial charge in [-0.2, -0.15) is 0 Å². The first-order valence-electron chi connectivity index (χ1n) is 6.46. The fraction of sp³-hybridized carbons (Fsp3) is 0.467. The molecule has 0 saturated carbocycles. The van der Waals surface area contributed by atoms with Crippen molar-refractivity contribution in [3.8, 4) is 0 Å². The Hall–Kier alpha value is -1.84. The van der Waals surface area contributed by atoms with E-state index in [1.807, 2.05) is 32.9 Å². The van der Waals surface area contributed by atoms with Crippen molar-refractivity contribution in [3.63, 3.8) is 0 Å². The zero-order chi connectivity index (χ0) is 14.6. The van der Waals surface area contributed by atoms with E-state index in [0.29, 0.717) is 12.1 Å². The topological polar surface area (TPSA) is 57.6 Å². The predicted octanol–water partition coefficient (Wildman–Crippen LogP) is 2.49. The molecule has 1 N–H and O–H groups in total. The normalized spacial score (nSPS) is 12.0. The number of hydrogen-bond acceptors (Lipinski definition) is 2. The van der Waals surface area contributed by atoms with E-state index in [4.69, 9.17) is 5.11 Å². The summed E-state index contributed by atoms with van der Waals surface area (Å²) in [4.78, 5) is 24.8. The van der Waals surface area contributed by atoms with Crippen LogP contribution in [0.3, 0.4) is 0 Å². The van der Waals surface area contributed by atoms with E-state index >= 15 is 0 Å². The third-order valence-electron chi connectivity index (χ3n) is 3.34. The Morgan fingerprint density at radius 1 is 1.26 bits per heavy atom. The second kappa shape index (κ2) is 6.36. The third-order valence-corrected chi connectivity index (χ3v) is 3.34. The number of aryl methyl sites for hydroxylation is 2. The van der Waals surface area contributed by atoms with Crippen LogP contribution in [0.4, 0.5) is 0 Å². The first-order valence-corrected chi connectivity index (χ1v) is 6.46. The molecule has 0 saturated heterocycles. The maximum Gasteiger partial charge on any atom is 0.308 e. The number of nitrogens with zero attached hydrogens (tertiary/aromatic N) is 1. The number of amides is 1. The van der Waals surface area contributed by atoms with Crippen LogP contribution in [0.2, 0.25) is 0 Å². The second-order valence-electron chi connectivity index (χ2n) is 4.88. The van der Waals surface area contributed by atoms with Gasteiger partial charge in [0, 0.05) is 18.7 Å². The Balaban J connectivity index is 2.89. The van der Waals surface area contributed by atoms with Crippen molar-refractivity contribution >= 4 is 11.9 Å². The molecule has 1 rings (SSSR count). The van der Waals surface area contributed by atoms with Crippen LogP contribution in [0.15, 0.2) is 18.2 Å². The van der Waals surface area contributed by atoms with Gasteiger partial charge in [-0.3, -0.25) is 9.59 Å². The molecule has 0 aliphatic heterocycles. The number of benzene rings is 1. The van der Waals surface area contributed by atoms with Crippen LogP contribution in [0.25, 0.3) is 0 Å². The van der Waals surface area contributed by atoms with Crippen LogP contribution in [-0.4, -0.2) is 35.0 Å². The van der Waals surface area contributed by atoms with Gasteiger partial charge in [0.15, 0.2) is 0 Å². The minimum absolute atomic E-state index is 0.112. The molecule has 0 aliphatic rings. The fourth-order valence-corrected chi connectivity index (χ4v) is 1.82. The van der Waals surface area contributed by atoms with E-state index < -0.39 is 11.9 Å². The van der Waals surface area contributed by atoms with Gasteiger partial charge in [-0.1, -0.05) is 13.0 Å². The molecule has 0 fully saturated rings. The van der Waals surface area contributed by atoms with Crippen molar-refractivity contribution in [2.24, 2.45) is 5.92 Å². The van der Waals surface area contributed by atoms with Crippen LogP contribution < -0.4 is 0 Å². The van der Waals surface area contributed by atoms with Crippen LogP contribution in [0.1, 0.15) is 35.3 Å². The highest BCUT2D eigenvalue weighted by atomic mass is 16.4. The lowest BCUT2D eigenvalue weighted by atomic mass is 10.0. The molecule has 0 spiro atoms. The maximum atomic E-state index is 12.3. The molecule has 1 aromatic carbocycles. The highest BCUT2D eigenvalue weighted by Crippen LogP contribution is 2.13. The van der Waals surface area contributed by atoms with E-state index in [1.54, 1.807) is 17.9 Å². The van der Waals surface area contributed by atoms with E-state index in [2.05, 4.69) is 0 Å². The molecule has 0 heterocycles. The zero-order valence-corrected chi connectivity index (χ0v) is 11.9. The SMILES string of the molecule is CCN(CC(C)C(=O)O)C(=O)c1ccc(C)c(C)c1. The molecule has 0 bridgehead atoms. The number of hydrogen-bond donors (Lipinski definition) is 1. The summed E-state index contributed by atoms with van der Waals surface area (Å²) in [6.07, 6.45) is 0. The van der Waals surface area contributed by atoms with Gasteiger partial charge in [-0.25, -0.2) is 0 Å². The second-order valence-corrected chi connectivity index (χ2v) is 4.88. The van der Waals surface area contributed by atoms with E-state index in [-0.39, 0.29) is 12.5 Å².